The number of likely N-dealkylation sites (tertiary alicyclic amines) is 1. The van der Waals surface area contributed by atoms with Crippen LogP contribution < -0.4 is 33.3 Å². The lowest BCUT2D eigenvalue weighted by molar-refractivity contribution is -0.131. The minimum Gasteiger partial charge on any atom is -0.464 e. The maximum Gasteiger partial charge on any atom is 0.323 e. The summed E-state index contributed by atoms with van der Waals surface area (Å²) >= 11 is 0. The summed E-state index contributed by atoms with van der Waals surface area (Å²) < 4.78 is 5.74. The summed E-state index contributed by atoms with van der Waals surface area (Å²) in [4.78, 5) is 55.0. The topological polar surface area (TPSA) is 215 Å². The molecule has 0 radical (unpaired) electrons. The van der Waals surface area contributed by atoms with Gasteiger partial charge in [0, 0.05) is 13.1 Å². The second-order valence-corrected chi connectivity index (χ2v) is 13.4. The number of nitrogens with zero attached hydrogens (tertiary/aromatic N) is 4. The van der Waals surface area contributed by atoms with Crippen LogP contribution in [0.3, 0.4) is 0 Å². The van der Waals surface area contributed by atoms with E-state index in [9.17, 15) is 14.4 Å². The fourth-order valence-corrected chi connectivity index (χ4v) is 6.40. The summed E-state index contributed by atoms with van der Waals surface area (Å²) in [6.07, 6.45) is 8.09. The number of ether oxygens (including phenoxy) is 1. The standard InChI is InChI=1S/C34H56N10O5/c1-3-4-20-48-32-41-30-29(34(2,36)42-32)40-33(47)44(30)22-26-12-10-25(11-13-26)21-43-18-14-24(15-19-43)8-7-17-38-31(46)27(9-5-6-16-35)39-28(45)23-49-37/h10-13,24,27,29H,3-9,14-23,35-37H2,1-2H3,(H,38,46)(H,39,45)(H,40,47)/t27-,29?,34?/m1/s1. The molecule has 2 fully saturated rings. The fraction of sp³-hybridized carbons (Fsp3) is 0.676. The van der Waals surface area contributed by atoms with Gasteiger partial charge in [-0.15, -0.1) is 0 Å². The van der Waals surface area contributed by atoms with Gasteiger partial charge in [0.1, 0.15) is 30.2 Å². The first-order valence-corrected chi connectivity index (χ1v) is 17.7. The fourth-order valence-electron chi connectivity index (χ4n) is 6.40. The number of amides is 4. The van der Waals surface area contributed by atoms with Gasteiger partial charge >= 0.3 is 12.1 Å². The van der Waals surface area contributed by atoms with Gasteiger partial charge in [-0.2, -0.15) is 4.99 Å². The van der Waals surface area contributed by atoms with E-state index in [0.29, 0.717) is 44.4 Å². The number of nitrogens with two attached hydrogens (primary N) is 3. The molecule has 2 unspecified atom stereocenters. The Balaban J connectivity index is 1.18. The molecule has 15 heteroatoms. The van der Waals surface area contributed by atoms with E-state index in [2.05, 4.69) is 66.9 Å². The van der Waals surface area contributed by atoms with Crippen molar-refractivity contribution >= 4 is 29.7 Å². The third kappa shape index (κ3) is 11.5. The van der Waals surface area contributed by atoms with Gasteiger partial charge in [-0.1, -0.05) is 37.6 Å². The van der Waals surface area contributed by atoms with Gasteiger partial charge in [0.05, 0.1) is 13.2 Å². The number of urea groups is 1. The van der Waals surface area contributed by atoms with E-state index in [1.54, 1.807) is 11.8 Å². The van der Waals surface area contributed by atoms with Gasteiger partial charge in [0.2, 0.25) is 11.8 Å². The zero-order valence-corrected chi connectivity index (χ0v) is 29.1. The van der Waals surface area contributed by atoms with Crippen LogP contribution in [-0.4, -0.2) is 96.6 Å². The van der Waals surface area contributed by atoms with Crippen molar-refractivity contribution in [3.63, 3.8) is 0 Å². The third-order valence-electron chi connectivity index (χ3n) is 9.29. The molecule has 0 aliphatic carbocycles. The van der Waals surface area contributed by atoms with Gasteiger partial charge in [0.15, 0.2) is 0 Å². The van der Waals surface area contributed by atoms with Crippen molar-refractivity contribution in [3.05, 3.63) is 35.4 Å². The number of rotatable bonds is 19. The molecule has 1 aromatic rings. The van der Waals surface area contributed by atoms with E-state index in [-0.39, 0.29) is 24.6 Å². The maximum absolute atomic E-state index is 12.9. The lowest BCUT2D eigenvalue weighted by Crippen LogP contribution is -2.57. The molecule has 0 aromatic heterocycles. The average molecular weight is 685 g/mol. The Labute approximate surface area is 289 Å². The maximum atomic E-state index is 12.9. The van der Waals surface area contributed by atoms with E-state index in [1.807, 2.05) is 0 Å². The zero-order valence-electron chi connectivity index (χ0n) is 29.1. The number of hydrogen-bond donors (Lipinski definition) is 6. The monoisotopic (exact) mass is 684 g/mol. The largest absolute Gasteiger partial charge is 0.464 e. The number of unbranched alkanes of at least 4 members (excludes halogenated alkanes) is 2. The summed E-state index contributed by atoms with van der Waals surface area (Å²) in [6, 6.07) is 7.22. The van der Waals surface area contributed by atoms with Crippen molar-refractivity contribution in [2.45, 2.75) is 102 Å². The second-order valence-electron chi connectivity index (χ2n) is 13.4. The molecule has 3 aliphatic heterocycles. The molecule has 49 heavy (non-hydrogen) atoms. The Morgan fingerprint density at radius 2 is 1.82 bits per heavy atom. The summed E-state index contributed by atoms with van der Waals surface area (Å²) in [5.74, 6) is 5.54. The summed E-state index contributed by atoms with van der Waals surface area (Å²) in [6.45, 7) is 8.47. The van der Waals surface area contributed by atoms with E-state index >= 15 is 0 Å². The van der Waals surface area contributed by atoms with Gasteiger partial charge < -0.3 is 32.2 Å². The number of carbonyl (C=O) groups excluding carboxylic acids is 3. The van der Waals surface area contributed by atoms with Gasteiger partial charge in [-0.05, 0) is 95.0 Å². The lowest BCUT2D eigenvalue weighted by Gasteiger charge is -2.32. The molecule has 9 N–H and O–H groups in total. The highest BCUT2D eigenvalue weighted by atomic mass is 16.6. The lowest BCUT2D eigenvalue weighted by atomic mass is 9.92. The SMILES string of the molecule is CCCCOC1=NC(C)(N)C2NC(=O)N(Cc3ccc(CN4CCC(CCCNC(=O)[C@@H](CCCCN)NC(=O)CON)CC4)cc3)C2=N1. The molecule has 3 atom stereocenters. The number of nitrogens with one attached hydrogen (secondary N) is 3. The van der Waals surface area contributed by atoms with Crippen molar-refractivity contribution in [3.8, 4) is 0 Å². The van der Waals surface area contributed by atoms with E-state index in [1.165, 1.54) is 5.56 Å². The molecule has 2 saturated heterocycles. The number of aliphatic imine (C=N–C) groups is 2. The molecule has 15 nitrogen and oxygen atoms in total. The van der Waals surface area contributed by atoms with Crippen LogP contribution in [0.15, 0.2) is 34.3 Å². The van der Waals surface area contributed by atoms with Crippen molar-refractivity contribution in [2.24, 2.45) is 33.3 Å². The minimum atomic E-state index is -1.05. The van der Waals surface area contributed by atoms with E-state index < -0.39 is 23.7 Å². The van der Waals surface area contributed by atoms with Crippen LogP contribution in [0.5, 0.6) is 0 Å². The van der Waals surface area contributed by atoms with Crippen molar-refractivity contribution < 1.29 is 24.0 Å². The number of carbonyl (C=O) groups is 3. The molecule has 4 amide bonds. The summed E-state index contributed by atoms with van der Waals surface area (Å²) in [5.41, 5.74) is 13.2. The predicted octanol–water partition coefficient (Wildman–Crippen LogP) is 1.45. The Kier molecular flexibility index (Phi) is 14.8. The Bertz CT molecular complexity index is 1300. The second kappa shape index (κ2) is 18.9. The number of fused-ring (bicyclic) bond motifs is 1. The van der Waals surface area contributed by atoms with Crippen LogP contribution in [0.4, 0.5) is 4.79 Å². The van der Waals surface area contributed by atoms with Crippen molar-refractivity contribution in [2.75, 3.05) is 39.4 Å². The first kappa shape index (κ1) is 38.2. The molecule has 1 aromatic carbocycles. The van der Waals surface area contributed by atoms with Gasteiger partial charge in [-0.3, -0.25) is 24.2 Å². The van der Waals surface area contributed by atoms with Crippen LogP contribution in [0.25, 0.3) is 0 Å². The Morgan fingerprint density at radius 3 is 2.49 bits per heavy atom. The Hall–Kier alpha value is -3.63. The molecule has 272 valence electrons. The van der Waals surface area contributed by atoms with Crippen LogP contribution in [0.1, 0.15) is 82.8 Å². The minimum absolute atomic E-state index is 0.187. The predicted molar refractivity (Wildman–Crippen MR) is 188 cm³/mol. The number of piperidine rings is 1. The summed E-state index contributed by atoms with van der Waals surface area (Å²) in [7, 11) is 0. The normalized spacial score (nSPS) is 21.8. The first-order valence-electron chi connectivity index (χ1n) is 17.7. The number of amidine groups is 2. The van der Waals surface area contributed by atoms with E-state index in [0.717, 1.165) is 76.6 Å². The zero-order chi connectivity index (χ0) is 35.2. The van der Waals surface area contributed by atoms with Crippen LogP contribution in [0.2, 0.25) is 0 Å². The molecule has 0 saturated carbocycles. The van der Waals surface area contributed by atoms with Crippen molar-refractivity contribution in [1.82, 2.24) is 25.8 Å². The quantitative estimate of drug-likeness (QED) is 0.0917. The van der Waals surface area contributed by atoms with E-state index in [4.69, 9.17) is 22.1 Å². The number of benzene rings is 1. The smallest absolute Gasteiger partial charge is 0.323 e. The highest BCUT2D eigenvalue weighted by Gasteiger charge is 2.48. The Morgan fingerprint density at radius 1 is 1.10 bits per heavy atom. The molecular weight excluding hydrogens is 628 g/mol. The number of hydrogen-bond acceptors (Lipinski definition) is 11. The van der Waals surface area contributed by atoms with Crippen LogP contribution >= 0.6 is 0 Å². The van der Waals surface area contributed by atoms with Crippen LogP contribution in [0, 0.1) is 5.92 Å². The molecule has 0 spiro atoms. The average Bonchev–Trinajstić information content (AvgIpc) is 3.39. The molecule has 0 bridgehead atoms. The highest BCUT2D eigenvalue weighted by Crippen LogP contribution is 2.26. The van der Waals surface area contributed by atoms with Crippen molar-refractivity contribution in [1.29, 1.82) is 0 Å². The molecule has 3 heterocycles. The van der Waals surface area contributed by atoms with Gasteiger partial charge in [0.25, 0.3) is 0 Å². The third-order valence-corrected chi connectivity index (χ3v) is 9.29. The highest BCUT2D eigenvalue weighted by molar-refractivity contribution is 6.12. The van der Waals surface area contributed by atoms with Crippen LogP contribution in [-0.2, 0) is 32.3 Å². The molecular formula is C34H56N10O5. The molecule has 3 aliphatic rings. The molecule has 4 rings (SSSR count). The first-order chi connectivity index (χ1) is 23.6. The van der Waals surface area contributed by atoms with Gasteiger partial charge in [-0.25, -0.2) is 15.7 Å². The summed E-state index contributed by atoms with van der Waals surface area (Å²) in [5, 5.41) is 8.61.